The van der Waals surface area contributed by atoms with Gasteiger partial charge >= 0.3 is 0 Å². The Bertz CT molecular complexity index is 1680. The van der Waals surface area contributed by atoms with E-state index in [1.807, 2.05) is 54.6 Å². The summed E-state index contributed by atoms with van der Waals surface area (Å²) in [6, 6.07) is 19.5. The van der Waals surface area contributed by atoms with E-state index in [9.17, 15) is 19.5 Å². The SMILES string of the molecule is NC(N)=NCCCC1CN(C(=O)Cc2ccc3ccccc3c2)C/C=C\CN(C(=O)CCc2ccc(O)cc2)[C@H](CCCN=C(N)N)C(=O)N1. The van der Waals surface area contributed by atoms with Gasteiger partial charge in [0.05, 0.1) is 6.42 Å². The Morgan fingerprint density at radius 1 is 0.800 bits per heavy atom. The van der Waals surface area contributed by atoms with Gasteiger partial charge in [0.2, 0.25) is 17.7 Å². The van der Waals surface area contributed by atoms with Crippen LogP contribution in [0.3, 0.4) is 0 Å². The molecule has 3 aromatic rings. The van der Waals surface area contributed by atoms with E-state index in [1.165, 1.54) is 0 Å². The molecule has 0 spiro atoms. The summed E-state index contributed by atoms with van der Waals surface area (Å²) in [5.74, 6) is -0.517. The number of aryl methyl sites for hydroxylation is 1. The van der Waals surface area contributed by atoms with Crippen molar-refractivity contribution in [3.8, 4) is 5.75 Å². The van der Waals surface area contributed by atoms with E-state index in [1.54, 1.807) is 34.1 Å². The minimum absolute atomic E-state index is 0.0175. The summed E-state index contributed by atoms with van der Waals surface area (Å²) in [6.45, 7) is 1.41. The molecule has 50 heavy (non-hydrogen) atoms. The van der Waals surface area contributed by atoms with Crippen molar-refractivity contribution < 1.29 is 19.5 Å². The lowest BCUT2D eigenvalue weighted by Gasteiger charge is -2.32. The Morgan fingerprint density at radius 3 is 2.14 bits per heavy atom. The van der Waals surface area contributed by atoms with Crippen molar-refractivity contribution in [1.82, 2.24) is 15.1 Å². The highest BCUT2D eigenvalue weighted by Crippen LogP contribution is 2.19. The molecule has 13 heteroatoms. The zero-order chi connectivity index (χ0) is 35.9. The molecule has 0 fully saturated rings. The number of phenols is 1. The topological polar surface area (TPSA) is 219 Å². The Morgan fingerprint density at radius 2 is 1.44 bits per heavy atom. The summed E-state index contributed by atoms with van der Waals surface area (Å²) in [6.07, 6.45) is 6.37. The third-order valence-corrected chi connectivity index (χ3v) is 8.60. The quantitative estimate of drug-likeness (QED) is 0.0675. The molecule has 3 amide bonds. The van der Waals surface area contributed by atoms with Crippen LogP contribution in [0.4, 0.5) is 0 Å². The summed E-state index contributed by atoms with van der Waals surface area (Å²) in [7, 11) is 0. The minimum Gasteiger partial charge on any atom is -0.508 e. The number of hydrogen-bond acceptors (Lipinski definition) is 6. The zero-order valence-corrected chi connectivity index (χ0v) is 28.4. The van der Waals surface area contributed by atoms with Gasteiger partial charge in [0.15, 0.2) is 11.9 Å². The average molecular weight is 684 g/mol. The van der Waals surface area contributed by atoms with Gasteiger partial charge in [0.1, 0.15) is 11.8 Å². The molecule has 266 valence electrons. The van der Waals surface area contributed by atoms with Crippen molar-refractivity contribution in [3.63, 3.8) is 0 Å². The van der Waals surface area contributed by atoms with Crippen molar-refractivity contribution >= 4 is 40.4 Å². The maximum atomic E-state index is 14.1. The van der Waals surface area contributed by atoms with Crippen LogP contribution in [0.1, 0.15) is 43.2 Å². The molecule has 1 aliphatic heterocycles. The van der Waals surface area contributed by atoms with Crippen molar-refractivity contribution in [1.29, 1.82) is 0 Å². The van der Waals surface area contributed by atoms with Gasteiger partial charge < -0.3 is 43.2 Å². The number of fused-ring (bicyclic) bond motifs is 1. The molecule has 0 aliphatic carbocycles. The molecule has 2 atom stereocenters. The van der Waals surface area contributed by atoms with Gasteiger partial charge in [-0.05, 0) is 66.1 Å². The minimum atomic E-state index is -0.804. The van der Waals surface area contributed by atoms with Crippen LogP contribution in [0.5, 0.6) is 5.75 Å². The second-order valence-electron chi connectivity index (χ2n) is 12.5. The first-order chi connectivity index (χ1) is 24.1. The van der Waals surface area contributed by atoms with E-state index in [0.29, 0.717) is 51.7 Å². The lowest BCUT2D eigenvalue weighted by Crippen LogP contribution is -2.54. The molecule has 0 aromatic heterocycles. The highest BCUT2D eigenvalue weighted by Gasteiger charge is 2.31. The van der Waals surface area contributed by atoms with Crippen LogP contribution in [-0.4, -0.2) is 89.4 Å². The molecule has 1 aliphatic rings. The number of aliphatic imine (C=N–C) groups is 2. The molecular formula is C37H49N9O4. The second-order valence-corrected chi connectivity index (χ2v) is 12.5. The van der Waals surface area contributed by atoms with Gasteiger partial charge in [0, 0.05) is 45.2 Å². The number of aromatic hydroxyl groups is 1. The summed E-state index contributed by atoms with van der Waals surface area (Å²) < 4.78 is 0. The zero-order valence-electron chi connectivity index (χ0n) is 28.4. The average Bonchev–Trinajstić information content (AvgIpc) is 3.11. The highest BCUT2D eigenvalue weighted by atomic mass is 16.3. The molecule has 3 aromatic carbocycles. The Hall–Kier alpha value is -5.59. The number of carbonyl (C=O) groups is 3. The van der Waals surface area contributed by atoms with Gasteiger partial charge in [0.25, 0.3) is 0 Å². The Labute approximate surface area is 293 Å². The Balaban J connectivity index is 1.58. The van der Waals surface area contributed by atoms with Gasteiger partial charge in [-0.3, -0.25) is 24.4 Å². The lowest BCUT2D eigenvalue weighted by molar-refractivity contribution is -0.140. The molecule has 4 rings (SSSR count). The van der Waals surface area contributed by atoms with E-state index in [2.05, 4.69) is 15.3 Å². The smallest absolute Gasteiger partial charge is 0.243 e. The van der Waals surface area contributed by atoms with Gasteiger partial charge in [-0.25, -0.2) is 0 Å². The normalized spacial score (nSPS) is 17.3. The van der Waals surface area contributed by atoms with Crippen molar-refractivity contribution in [2.75, 3.05) is 32.7 Å². The van der Waals surface area contributed by atoms with Crippen molar-refractivity contribution in [3.05, 3.63) is 90.0 Å². The maximum Gasteiger partial charge on any atom is 0.243 e. The van der Waals surface area contributed by atoms with Crippen LogP contribution in [0.2, 0.25) is 0 Å². The number of amides is 3. The maximum absolute atomic E-state index is 14.1. The van der Waals surface area contributed by atoms with Gasteiger partial charge in [-0.1, -0.05) is 66.7 Å². The van der Waals surface area contributed by atoms with Crippen LogP contribution in [0.25, 0.3) is 10.8 Å². The molecule has 0 radical (unpaired) electrons. The van der Waals surface area contributed by atoms with E-state index in [4.69, 9.17) is 22.9 Å². The number of guanidine groups is 2. The molecule has 0 saturated heterocycles. The fourth-order valence-electron chi connectivity index (χ4n) is 6.00. The number of benzene rings is 3. The standard InChI is InChI=1S/C37H49N9O4/c38-36(39)42-19-5-9-30-25-45(34(49)24-27-11-15-28-7-1-2-8-29(28)23-27)21-3-4-22-46(32(35(50)44-30)10-6-20-43-37(40)41)33(48)18-14-26-12-16-31(47)17-13-26/h1-4,7-8,11-13,15-17,23,30,32,47H,5-6,9-10,14,18-22,24-25H2,(H,44,50)(H4,38,39,42)(H4,40,41,43)/b4-3-/t30?,32-/m1/s1. The van der Waals surface area contributed by atoms with Crippen LogP contribution < -0.4 is 28.3 Å². The van der Waals surface area contributed by atoms with E-state index < -0.39 is 12.1 Å². The molecule has 0 bridgehead atoms. The van der Waals surface area contributed by atoms with Crippen molar-refractivity contribution in [2.45, 2.75) is 57.0 Å². The summed E-state index contributed by atoms with van der Waals surface area (Å²) in [4.78, 5) is 53.2. The van der Waals surface area contributed by atoms with Crippen LogP contribution in [0, 0.1) is 0 Å². The molecular weight excluding hydrogens is 634 g/mol. The number of nitrogens with two attached hydrogens (primary N) is 4. The van der Waals surface area contributed by atoms with E-state index in [-0.39, 0.29) is 61.3 Å². The molecule has 0 saturated carbocycles. The largest absolute Gasteiger partial charge is 0.508 e. The van der Waals surface area contributed by atoms with Crippen LogP contribution >= 0.6 is 0 Å². The lowest BCUT2D eigenvalue weighted by atomic mass is 10.0. The predicted molar refractivity (Wildman–Crippen MR) is 197 cm³/mol. The fraction of sp³-hybridized carbons (Fsp3) is 0.378. The molecule has 1 heterocycles. The van der Waals surface area contributed by atoms with Crippen LogP contribution in [0.15, 0.2) is 88.9 Å². The van der Waals surface area contributed by atoms with Crippen LogP contribution in [-0.2, 0) is 27.2 Å². The summed E-state index contributed by atoms with van der Waals surface area (Å²) in [5.41, 5.74) is 23.9. The highest BCUT2D eigenvalue weighted by molar-refractivity contribution is 5.88. The third-order valence-electron chi connectivity index (χ3n) is 8.60. The number of carbonyl (C=O) groups excluding carboxylic acids is 3. The number of phenolic OH excluding ortho intramolecular Hbond substituents is 1. The first-order valence-corrected chi connectivity index (χ1v) is 17.0. The monoisotopic (exact) mass is 683 g/mol. The third kappa shape index (κ3) is 11.8. The first kappa shape index (κ1) is 37.2. The molecule has 13 nitrogen and oxygen atoms in total. The van der Waals surface area contributed by atoms with Crippen molar-refractivity contribution in [2.24, 2.45) is 32.9 Å². The predicted octanol–water partition coefficient (Wildman–Crippen LogP) is 1.91. The summed E-state index contributed by atoms with van der Waals surface area (Å²) in [5, 5.41) is 15.0. The van der Waals surface area contributed by atoms with E-state index >= 15 is 0 Å². The van der Waals surface area contributed by atoms with E-state index in [0.717, 1.165) is 21.9 Å². The van der Waals surface area contributed by atoms with Gasteiger partial charge in [-0.2, -0.15) is 0 Å². The summed E-state index contributed by atoms with van der Waals surface area (Å²) >= 11 is 0. The number of nitrogens with zero attached hydrogens (tertiary/aromatic N) is 4. The molecule has 10 N–H and O–H groups in total. The Kier molecular flexibility index (Phi) is 14.0. The number of nitrogens with one attached hydrogen (secondary N) is 1. The first-order valence-electron chi connectivity index (χ1n) is 17.0. The van der Waals surface area contributed by atoms with Gasteiger partial charge in [-0.15, -0.1) is 0 Å². The second kappa shape index (κ2) is 18.8. The molecule has 1 unspecified atom stereocenters. The number of rotatable bonds is 13. The fourth-order valence-corrected chi connectivity index (χ4v) is 6.00. The number of hydrogen-bond donors (Lipinski definition) is 6.